The van der Waals surface area contributed by atoms with Crippen molar-refractivity contribution in [1.82, 2.24) is 5.32 Å². The van der Waals surface area contributed by atoms with Gasteiger partial charge in [0, 0.05) is 24.0 Å². The number of para-hydroxylation sites is 1. The highest BCUT2D eigenvalue weighted by Crippen LogP contribution is 2.43. The highest BCUT2D eigenvalue weighted by atomic mass is 16.5. The van der Waals surface area contributed by atoms with Crippen LogP contribution in [0.5, 0.6) is 0 Å². The number of benzene rings is 2. The number of amides is 1. The molecule has 1 fully saturated rings. The molecule has 3 N–H and O–H groups in total. The molecule has 2 heterocycles. The Morgan fingerprint density at radius 1 is 1.18 bits per heavy atom. The summed E-state index contributed by atoms with van der Waals surface area (Å²) in [5.41, 5.74) is 4.82. The maximum absolute atomic E-state index is 12.4. The van der Waals surface area contributed by atoms with E-state index >= 15 is 0 Å². The van der Waals surface area contributed by atoms with E-state index in [1.54, 1.807) is 6.26 Å². The van der Waals surface area contributed by atoms with Gasteiger partial charge in [-0.3, -0.25) is 0 Å². The summed E-state index contributed by atoms with van der Waals surface area (Å²) >= 11 is 0. The van der Waals surface area contributed by atoms with Crippen molar-refractivity contribution in [3.63, 3.8) is 0 Å². The van der Waals surface area contributed by atoms with E-state index in [9.17, 15) is 14.8 Å². The minimum Gasteiger partial charge on any atom is -0.464 e. The number of rotatable bonds is 6. The third-order valence-electron chi connectivity index (χ3n) is 6.66. The lowest BCUT2D eigenvalue weighted by molar-refractivity contribution is 0.0662. The van der Waals surface area contributed by atoms with Crippen LogP contribution >= 0.6 is 0 Å². The fourth-order valence-electron chi connectivity index (χ4n) is 4.78. The summed E-state index contributed by atoms with van der Waals surface area (Å²) in [6.07, 6.45) is 7.37. The van der Waals surface area contributed by atoms with Gasteiger partial charge >= 0.3 is 13.2 Å². The van der Waals surface area contributed by atoms with Crippen molar-refractivity contribution in [2.24, 2.45) is 0 Å². The van der Waals surface area contributed by atoms with Crippen molar-refractivity contribution in [2.75, 3.05) is 13.2 Å². The number of furan rings is 1. The Bertz CT molecular complexity index is 1180. The van der Waals surface area contributed by atoms with Gasteiger partial charge in [0.1, 0.15) is 12.2 Å². The number of fused-ring (bicyclic) bond motifs is 3. The van der Waals surface area contributed by atoms with E-state index in [2.05, 4.69) is 29.6 Å². The fourth-order valence-corrected chi connectivity index (χ4v) is 4.78. The van der Waals surface area contributed by atoms with E-state index in [1.165, 1.54) is 11.1 Å². The molecule has 1 aromatic heterocycles. The van der Waals surface area contributed by atoms with Crippen molar-refractivity contribution in [3.05, 3.63) is 77.1 Å². The second kappa shape index (κ2) is 9.06. The second-order valence-electron chi connectivity index (χ2n) is 8.73. The van der Waals surface area contributed by atoms with Gasteiger partial charge < -0.3 is 29.3 Å². The van der Waals surface area contributed by atoms with Gasteiger partial charge in [-0.15, -0.1) is 0 Å². The van der Waals surface area contributed by atoms with Crippen LogP contribution in [0.2, 0.25) is 0 Å². The molecule has 0 radical (unpaired) electrons. The summed E-state index contributed by atoms with van der Waals surface area (Å²) in [6.45, 7) is 1.57. The molecular weight excluding hydrogens is 421 g/mol. The van der Waals surface area contributed by atoms with Crippen LogP contribution in [0.15, 0.2) is 59.2 Å². The number of alkyl carbamates (subject to hydrolysis) is 1. The molecule has 3 aromatic rings. The minimum atomic E-state index is -1.74. The molecule has 170 valence electrons. The monoisotopic (exact) mass is 447 g/mol. The van der Waals surface area contributed by atoms with Gasteiger partial charge in [-0.25, -0.2) is 4.79 Å². The topological polar surface area (TPSA) is 101 Å². The van der Waals surface area contributed by atoms with Crippen LogP contribution in [0.4, 0.5) is 4.79 Å². The Kier molecular flexibility index (Phi) is 5.97. The molecule has 0 saturated carbocycles. The predicted molar refractivity (Wildman–Crippen MR) is 124 cm³/mol. The number of ether oxygens (including phenoxy) is 2. The maximum atomic E-state index is 12.4. The quantitative estimate of drug-likeness (QED) is 0.501. The summed E-state index contributed by atoms with van der Waals surface area (Å²) in [7, 11) is -1.74. The standard InChI is InChI=1S/C25H26BNO6/c28-24(27-23(26(29)30)14-19-16-32-22-4-2-1-3-20(19)22)33-15-17-5-6-18-7-8-25(21(18)13-17)9-11-31-12-10-25/h1-8,13,16,23,29-30H,9-12,14-15H2,(H,27,28)/t23-/m0/s1. The molecule has 8 heteroatoms. The van der Waals surface area contributed by atoms with E-state index < -0.39 is 19.2 Å². The minimum absolute atomic E-state index is 0.00527. The Balaban J connectivity index is 1.22. The largest absolute Gasteiger partial charge is 0.475 e. The summed E-state index contributed by atoms with van der Waals surface area (Å²) in [5.74, 6) is -0.937. The third-order valence-corrected chi connectivity index (χ3v) is 6.66. The first-order valence-electron chi connectivity index (χ1n) is 11.2. The van der Waals surface area contributed by atoms with E-state index in [4.69, 9.17) is 13.9 Å². The first-order chi connectivity index (χ1) is 16.0. The zero-order valence-electron chi connectivity index (χ0n) is 18.2. The van der Waals surface area contributed by atoms with Crippen molar-refractivity contribution < 1.29 is 28.7 Å². The highest BCUT2D eigenvalue weighted by Gasteiger charge is 2.36. The lowest BCUT2D eigenvalue weighted by Gasteiger charge is -2.33. The van der Waals surface area contributed by atoms with Crippen LogP contribution in [0, 0.1) is 0 Å². The molecule has 0 unspecified atom stereocenters. The summed E-state index contributed by atoms with van der Waals surface area (Å²) < 4.78 is 16.5. The third kappa shape index (κ3) is 4.42. The SMILES string of the molecule is O=C(N[C@@H](Cc1coc2ccccc12)B(O)O)OCc1ccc2c(c1)C1(C=C2)CCOCC1. The molecular formula is C25H26BNO6. The van der Waals surface area contributed by atoms with Crippen LogP contribution in [0.1, 0.15) is 35.1 Å². The number of carbonyl (C=O) groups excluding carboxylic acids is 1. The first kappa shape index (κ1) is 21.8. The normalized spacial score (nSPS) is 17.2. The van der Waals surface area contributed by atoms with Crippen molar-refractivity contribution in [1.29, 1.82) is 0 Å². The molecule has 1 amide bonds. The van der Waals surface area contributed by atoms with Crippen LogP contribution in [-0.4, -0.2) is 42.4 Å². The molecule has 33 heavy (non-hydrogen) atoms. The molecule has 7 nitrogen and oxygen atoms in total. The summed E-state index contributed by atoms with van der Waals surface area (Å²) in [5, 5.41) is 23.0. The zero-order valence-corrected chi connectivity index (χ0v) is 18.2. The van der Waals surface area contributed by atoms with E-state index in [0.29, 0.717) is 5.58 Å². The Labute approximate surface area is 192 Å². The second-order valence-corrected chi connectivity index (χ2v) is 8.73. The molecule has 2 aromatic carbocycles. The Hall–Kier alpha value is -3.07. The van der Waals surface area contributed by atoms with Crippen LogP contribution < -0.4 is 5.32 Å². The summed E-state index contributed by atoms with van der Waals surface area (Å²) in [4.78, 5) is 12.4. The lowest BCUT2D eigenvalue weighted by Crippen LogP contribution is -2.48. The molecule has 1 aliphatic heterocycles. The number of allylic oxidation sites excluding steroid dienone is 1. The average molecular weight is 447 g/mol. The van der Waals surface area contributed by atoms with E-state index in [0.717, 1.165) is 42.6 Å². The number of carbonyl (C=O) groups is 1. The highest BCUT2D eigenvalue weighted by molar-refractivity contribution is 6.43. The Morgan fingerprint density at radius 3 is 2.82 bits per heavy atom. The molecule has 1 aliphatic carbocycles. The lowest BCUT2D eigenvalue weighted by atomic mass is 9.76. The maximum Gasteiger partial charge on any atom is 0.475 e. The number of nitrogens with one attached hydrogen (secondary N) is 1. The van der Waals surface area contributed by atoms with Crippen molar-refractivity contribution in [2.45, 2.75) is 37.2 Å². The first-order valence-corrected chi connectivity index (χ1v) is 11.2. The van der Waals surface area contributed by atoms with Crippen LogP contribution in [0.25, 0.3) is 17.0 Å². The number of hydrogen-bond donors (Lipinski definition) is 3. The molecule has 1 saturated heterocycles. The average Bonchev–Trinajstić information content (AvgIpc) is 3.39. The molecule has 2 aliphatic rings. The smallest absolute Gasteiger partial charge is 0.464 e. The van der Waals surface area contributed by atoms with Gasteiger partial charge in [-0.05, 0) is 47.6 Å². The van der Waals surface area contributed by atoms with Gasteiger partial charge in [0.2, 0.25) is 0 Å². The van der Waals surface area contributed by atoms with Gasteiger partial charge in [-0.1, -0.05) is 48.6 Å². The molecule has 0 bridgehead atoms. The van der Waals surface area contributed by atoms with Crippen molar-refractivity contribution in [3.8, 4) is 0 Å². The summed E-state index contributed by atoms with van der Waals surface area (Å²) in [6, 6.07) is 13.6. The van der Waals surface area contributed by atoms with Gasteiger partial charge in [0.05, 0.1) is 12.2 Å². The van der Waals surface area contributed by atoms with E-state index in [1.807, 2.05) is 30.3 Å². The van der Waals surface area contributed by atoms with Gasteiger partial charge in [0.25, 0.3) is 0 Å². The Morgan fingerprint density at radius 2 is 2.00 bits per heavy atom. The number of hydrogen-bond acceptors (Lipinski definition) is 6. The van der Waals surface area contributed by atoms with Crippen molar-refractivity contribution >= 4 is 30.3 Å². The predicted octanol–water partition coefficient (Wildman–Crippen LogP) is 3.36. The van der Waals surface area contributed by atoms with Crippen LogP contribution in [-0.2, 0) is 27.9 Å². The zero-order chi connectivity index (χ0) is 22.8. The van der Waals surface area contributed by atoms with Gasteiger partial charge in [0.15, 0.2) is 0 Å². The van der Waals surface area contributed by atoms with Crippen LogP contribution in [0.3, 0.4) is 0 Å². The van der Waals surface area contributed by atoms with E-state index in [-0.39, 0.29) is 18.4 Å². The molecule has 1 atom stereocenters. The fraction of sp³-hybridized carbons (Fsp3) is 0.320. The molecule has 5 rings (SSSR count). The van der Waals surface area contributed by atoms with Gasteiger partial charge in [-0.2, -0.15) is 0 Å². The molecule has 1 spiro atoms.